The summed E-state index contributed by atoms with van der Waals surface area (Å²) in [6, 6.07) is 0. The summed E-state index contributed by atoms with van der Waals surface area (Å²) in [5, 5.41) is 0. The molecule has 0 aliphatic carbocycles. The molecule has 6 nitrogen and oxygen atoms in total. The molecule has 0 aromatic rings. The summed E-state index contributed by atoms with van der Waals surface area (Å²) in [5.74, 6) is -0.918. The van der Waals surface area contributed by atoms with Crippen LogP contribution in [-0.2, 0) is 28.6 Å². The summed E-state index contributed by atoms with van der Waals surface area (Å²) < 4.78 is 16.8. The Balaban J connectivity index is 4.34. The van der Waals surface area contributed by atoms with E-state index in [2.05, 4.69) is 106 Å². The summed E-state index contributed by atoms with van der Waals surface area (Å²) in [6.45, 7) is 6.44. The second kappa shape index (κ2) is 57.2. The molecule has 0 spiro atoms. The highest BCUT2D eigenvalue weighted by molar-refractivity contribution is 5.71. The molecule has 0 saturated heterocycles. The number of rotatable bonds is 52. The van der Waals surface area contributed by atoms with Crippen LogP contribution in [0, 0.1) is 0 Å². The van der Waals surface area contributed by atoms with E-state index in [9.17, 15) is 14.4 Å². The quantitative estimate of drug-likeness (QED) is 0.0262. The number of ether oxygens (including phenoxy) is 3. The second-order valence-corrected chi connectivity index (χ2v) is 19.2. The third-order valence-electron chi connectivity index (χ3n) is 12.3. The van der Waals surface area contributed by atoms with Crippen molar-refractivity contribution < 1.29 is 28.6 Å². The molecule has 0 heterocycles. The van der Waals surface area contributed by atoms with Gasteiger partial charge in [0.05, 0.1) is 0 Å². The van der Waals surface area contributed by atoms with Gasteiger partial charge < -0.3 is 14.2 Å². The van der Waals surface area contributed by atoms with Crippen LogP contribution in [0.5, 0.6) is 0 Å². The van der Waals surface area contributed by atoms with Crippen LogP contribution in [0.2, 0.25) is 0 Å². The van der Waals surface area contributed by atoms with Gasteiger partial charge in [0.25, 0.3) is 0 Å². The van der Waals surface area contributed by atoms with Crippen molar-refractivity contribution in [1.82, 2.24) is 0 Å². The van der Waals surface area contributed by atoms with Crippen LogP contribution in [0.1, 0.15) is 278 Å². The Morgan fingerprint density at radius 2 is 0.594 bits per heavy atom. The van der Waals surface area contributed by atoms with Crippen molar-refractivity contribution in [2.75, 3.05) is 13.2 Å². The maximum absolute atomic E-state index is 12.8. The van der Waals surface area contributed by atoms with Crippen LogP contribution < -0.4 is 0 Å². The monoisotopic (exact) mass is 961 g/mol. The van der Waals surface area contributed by atoms with Gasteiger partial charge in [-0.2, -0.15) is 0 Å². The van der Waals surface area contributed by atoms with E-state index in [4.69, 9.17) is 14.2 Å². The third kappa shape index (κ3) is 55.4. The average Bonchev–Trinajstić information content (AvgIpc) is 3.35. The first kappa shape index (κ1) is 65.6. The van der Waals surface area contributed by atoms with E-state index in [0.29, 0.717) is 19.3 Å². The minimum Gasteiger partial charge on any atom is -0.462 e. The smallest absolute Gasteiger partial charge is 0.306 e. The number of allylic oxidation sites excluding steroid dienone is 14. The zero-order valence-corrected chi connectivity index (χ0v) is 45.3. The topological polar surface area (TPSA) is 78.9 Å². The van der Waals surface area contributed by atoms with Crippen LogP contribution >= 0.6 is 0 Å². The molecule has 1 unspecified atom stereocenters. The summed E-state index contributed by atoms with van der Waals surface area (Å²) in [6.07, 6.45) is 74.3. The highest BCUT2D eigenvalue weighted by Crippen LogP contribution is 2.15. The van der Waals surface area contributed by atoms with E-state index in [-0.39, 0.29) is 31.1 Å². The number of carbonyl (C=O) groups is 3. The molecule has 1 atom stereocenters. The van der Waals surface area contributed by atoms with Gasteiger partial charge in [-0.1, -0.05) is 234 Å². The molecule has 6 heteroatoms. The van der Waals surface area contributed by atoms with Crippen molar-refractivity contribution in [2.45, 2.75) is 284 Å². The third-order valence-corrected chi connectivity index (χ3v) is 12.3. The maximum atomic E-state index is 12.8. The summed E-state index contributed by atoms with van der Waals surface area (Å²) in [7, 11) is 0. The molecule has 0 aliphatic rings. The number of unbranched alkanes of at least 4 members (excludes halogenated alkanes) is 27. The first-order valence-electron chi connectivity index (χ1n) is 29.1. The molecule has 396 valence electrons. The lowest BCUT2D eigenvalue weighted by Gasteiger charge is -2.18. The van der Waals surface area contributed by atoms with Crippen molar-refractivity contribution >= 4 is 17.9 Å². The van der Waals surface area contributed by atoms with Gasteiger partial charge in [0.1, 0.15) is 13.2 Å². The maximum Gasteiger partial charge on any atom is 0.306 e. The fraction of sp³-hybridized carbons (Fsp3) is 0.730. The lowest BCUT2D eigenvalue weighted by atomic mass is 10.0. The fourth-order valence-electron chi connectivity index (χ4n) is 8.00. The van der Waals surface area contributed by atoms with Gasteiger partial charge in [-0.05, 0) is 109 Å². The van der Waals surface area contributed by atoms with Gasteiger partial charge >= 0.3 is 17.9 Å². The van der Waals surface area contributed by atoms with Gasteiger partial charge in [0.15, 0.2) is 6.10 Å². The van der Waals surface area contributed by atoms with Gasteiger partial charge in [-0.3, -0.25) is 14.4 Å². The minimum atomic E-state index is -0.793. The number of hydrogen-bond donors (Lipinski definition) is 0. The molecule has 0 bridgehead atoms. The van der Waals surface area contributed by atoms with E-state index >= 15 is 0 Å². The Hall–Kier alpha value is -3.41. The first-order chi connectivity index (χ1) is 34.0. The molecule has 0 rings (SSSR count). The van der Waals surface area contributed by atoms with Gasteiger partial charge in [-0.25, -0.2) is 0 Å². The van der Waals surface area contributed by atoms with Crippen LogP contribution in [0.25, 0.3) is 0 Å². The largest absolute Gasteiger partial charge is 0.462 e. The average molecular weight is 962 g/mol. The molecule has 0 saturated carbocycles. The number of esters is 3. The van der Waals surface area contributed by atoms with E-state index in [1.54, 1.807) is 0 Å². The summed E-state index contributed by atoms with van der Waals surface area (Å²) in [5.41, 5.74) is 0. The Bertz CT molecular complexity index is 1330. The number of carbonyl (C=O) groups excluding carboxylic acids is 3. The second-order valence-electron chi connectivity index (χ2n) is 19.2. The van der Waals surface area contributed by atoms with Gasteiger partial charge in [-0.15, -0.1) is 0 Å². The van der Waals surface area contributed by atoms with Crippen LogP contribution in [0.15, 0.2) is 85.1 Å². The number of hydrogen-bond acceptors (Lipinski definition) is 6. The van der Waals surface area contributed by atoms with E-state index in [1.807, 2.05) is 0 Å². The highest BCUT2D eigenvalue weighted by atomic mass is 16.6. The molecule has 0 aromatic heterocycles. The van der Waals surface area contributed by atoms with Crippen molar-refractivity contribution in [3.8, 4) is 0 Å². The molecule has 0 N–H and O–H groups in total. The van der Waals surface area contributed by atoms with E-state index < -0.39 is 6.10 Å². The normalized spacial score (nSPS) is 12.7. The fourth-order valence-corrected chi connectivity index (χ4v) is 8.00. The van der Waals surface area contributed by atoms with Crippen molar-refractivity contribution in [2.24, 2.45) is 0 Å². The summed E-state index contributed by atoms with van der Waals surface area (Å²) >= 11 is 0. The van der Waals surface area contributed by atoms with Gasteiger partial charge in [0.2, 0.25) is 0 Å². The molecule has 0 aliphatic heterocycles. The van der Waals surface area contributed by atoms with Crippen LogP contribution in [0.3, 0.4) is 0 Å². The van der Waals surface area contributed by atoms with Crippen LogP contribution in [-0.4, -0.2) is 37.2 Å². The lowest BCUT2D eigenvalue weighted by Crippen LogP contribution is -2.30. The Morgan fingerprint density at radius 1 is 0.304 bits per heavy atom. The Labute approximate surface area is 426 Å². The molecular weight excluding hydrogens is 853 g/mol. The predicted molar refractivity (Wildman–Crippen MR) is 297 cm³/mol. The van der Waals surface area contributed by atoms with Crippen molar-refractivity contribution in [3.05, 3.63) is 85.1 Å². The first-order valence-corrected chi connectivity index (χ1v) is 29.1. The molecule has 0 amide bonds. The van der Waals surface area contributed by atoms with E-state index in [1.165, 1.54) is 103 Å². The highest BCUT2D eigenvalue weighted by Gasteiger charge is 2.19. The lowest BCUT2D eigenvalue weighted by molar-refractivity contribution is -0.167. The molecule has 0 fully saturated rings. The SMILES string of the molecule is CC/C=C\C/C=C\C/C=C\CCCCCCCC(=O)OC(COC(=O)CCCCCCC/C=C\C/C=C\CCC)COC(=O)CCCCCCCCCCCCC/C=C\C/C=C\CCCCCCC. The molecule has 0 radical (unpaired) electrons. The molecule has 69 heavy (non-hydrogen) atoms. The van der Waals surface area contributed by atoms with Crippen molar-refractivity contribution in [3.63, 3.8) is 0 Å². The minimum absolute atomic E-state index is 0.0891. The zero-order chi connectivity index (χ0) is 50.0. The summed E-state index contributed by atoms with van der Waals surface area (Å²) in [4.78, 5) is 38.1. The Kier molecular flexibility index (Phi) is 54.3. The van der Waals surface area contributed by atoms with E-state index in [0.717, 1.165) is 135 Å². The molecule has 0 aromatic carbocycles. The van der Waals surface area contributed by atoms with Crippen LogP contribution in [0.4, 0.5) is 0 Å². The standard InChI is InChI=1S/C63H108O6/c1-4-7-10-13-16-19-22-25-27-28-29-30-31-32-33-34-36-38-41-44-47-50-53-56-62(65)68-59-60(58-67-61(64)55-52-49-46-43-40-37-24-21-18-15-12-9-6-3)69-63(66)57-54-51-48-45-42-39-35-26-23-20-17-14-11-8-5-2/h8,11-12,15,17,20-22,24-26,28-29,35,60H,4-7,9-10,13-14,16,18-19,23,27,30-34,36-59H2,1-3H3/b11-8-,15-12-,20-17-,24-21-,25-22-,29-28-,35-26-. The van der Waals surface area contributed by atoms with Crippen molar-refractivity contribution in [1.29, 1.82) is 0 Å². The molecular formula is C63H108O6. The van der Waals surface area contributed by atoms with Gasteiger partial charge in [0, 0.05) is 19.3 Å². The zero-order valence-electron chi connectivity index (χ0n) is 45.3. The Morgan fingerprint density at radius 3 is 0.942 bits per heavy atom. The predicted octanol–water partition coefficient (Wildman–Crippen LogP) is 19.5.